The molecule has 2 N–H and O–H groups in total. The number of allylic oxidation sites excluding steroid dienone is 1. The average molecular weight is 385 g/mol. The Kier molecular flexibility index (Phi) is 3.73. The Morgan fingerprint density at radius 3 is 2.46 bits per heavy atom. The monoisotopic (exact) mass is 385 g/mol. The molecule has 1 heterocycles. The number of aryl methyl sites for hydroxylation is 1. The van der Waals surface area contributed by atoms with E-state index in [0.717, 1.165) is 55.6 Å². The number of rotatable bonds is 1. The minimum absolute atomic E-state index is 0.0307. The molecule has 0 bridgehead atoms. The first-order valence-corrected chi connectivity index (χ1v) is 9.69. The summed E-state index contributed by atoms with van der Waals surface area (Å²) in [5.41, 5.74) is 10.5. The Morgan fingerprint density at radius 2 is 1.79 bits per heavy atom. The van der Waals surface area contributed by atoms with E-state index >= 15 is 0 Å². The molecule has 2 aromatic rings. The molecule has 0 aromatic heterocycles. The number of ether oxygens (including phenoxy) is 1. The Labute approximate surface area is 162 Å². The zero-order valence-corrected chi connectivity index (χ0v) is 15.5. The van der Waals surface area contributed by atoms with Crippen LogP contribution in [0.25, 0.3) is 11.6 Å². The summed E-state index contributed by atoms with van der Waals surface area (Å²) in [4.78, 5) is 0. The molecule has 1 aliphatic heterocycles. The van der Waals surface area contributed by atoms with Gasteiger partial charge in [0.25, 0.3) is 0 Å². The van der Waals surface area contributed by atoms with Gasteiger partial charge in [-0.1, -0.05) is 24.3 Å². The molecule has 2 aliphatic carbocycles. The van der Waals surface area contributed by atoms with Gasteiger partial charge in [0.2, 0.25) is 0 Å². The third-order valence-corrected chi connectivity index (χ3v) is 6.96. The van der Waals surface area contributed by atoms with E-state index in [9.17, 15) is 13.2 Å². The first-order chi connectivity index (χ1) is 13.3. The first-order valence-electron chi connectivity index (χ1n) is 9.69. The lowest BCUT2D eigenvalue weighted by Crippen LogP contribution is -2.17. The molecule has 146 valence electrons. The summed E-state index contributed by atoms with van der Waals surface area (Å²) < 4.78 is 44.8. The van der Waals surface area contributed by atoms with Gasteiger partial charge in [-0.05, 0) is 72.2 Å². The van der Waals surface area contributed by atoms with Crippen LogP contribution >= 0.6 is 0 Å². The van der Waals surface area contributed by atoms with Gasteiger partial charge in [0.15, 0.2) is 0 Å². The van der Waals surface area contributed by atoms with E-state index in [1.165, 1.54) is 17.7 Å². The van der Waals surface area contributed by atoms with Gasteiger partial charge in [0.1, 0.15) is 0 Å². The third kappa shape index (κ3) is 2.60. The lowest BCUT2D eigenvalue weighted by Gasteiger charge is -2.24. The zero-order chi connectivity index (χ0) is 19.6. The fourth-order valence-electron chi connectivity index (χ4n) is 5.34. The van der Waals surface area contributed by atoms with E-state index in [1.54, 1.807) is 12.1 Å². The molecule has 3 aliphatic rings. The van der Waals surface area contributed by atoms with Gasteiger partial charge in [-0.15, -0.1) is 0 Å². The van der Waals surface area contributed by atoms with Gasteiger partial charge in [0.05, 0.1) is 12.2 Å². The molecular weight excluding hydrogens is 363 g/mol. The Balaban J connectivity index is 1.63. The van der Waals surface area contributed by atoms with Crippen molar-refractivity contribution < 1.29 is 17.9 Å². The molecule has 2 spiro atoms. The summed E-state index contributed by atoms with van der Waals surface area (Å²) in [7, 11) is 0. The second kappa shape index (κ2) is 5.86. The van der Waals surface area contributed by atoms with Gasteiger partial charge in [-0.2, -0.15) is 13.2 Å². The number of fused-ring (bicyclic) bond motifs is 2. The topological polar surface area (TPSA) is 35.2 Å². The minimum Gasteiger partial charge on any atom is -0.399 e. The summed E-state index contributed by atoms with van der Waals surface area (Å²) in [6.07, 6.45) is 1.82. The van der Waals surface area contributed by atoms with Crippen molar-refractivity contribution in [3.8, 4) is 0 Å². The van der Waals surface area contributed by atoms with Crippen molar-refractivity contribution in [1.29, 1.82) is 0 Å². The largest absolute Gasteiger partial charge is 0.416 e. The van der Waals surface area contributed by atoms with Crippen molar-refractivity contribution in [3.05, 3.63) is 64.7 Å². The summed E-state index contributed by atoms with van der Waals surface area (Å²) in [6.45, 7) is 1.51. The highest BCUT2D eigenvalue weighted by atomic mass is 19.4. The van der Waals surface area contributed by atoms with Gasteiger partial charge in [-0.3, -0.25) is 0 Å². The van der Waals surface area contributed by atoms with Crippen LogP contribution in [0.5, 0.6) is 0 Å². The van der Waals surface area contributed by atoms with Crippen LogP contribution in [0.3, 0.4) is 0 Å². The summed E-state index contributed by atoms with van der Waals surface area (Å²) in [6, 6.07) is 11.6. The lowest BCUT2D eigenvalue weighted by atomic mass is 9.79. The average Bonchev–Trinajstić information content (AvgIpc) is 3.08. The normalized spacial score (nSPS) is 28.9. The molecule has 2 aromatic carbocycles. The van der Waals surface area contributed by atoms with E-state index < -0.39 is 11.7 Å². The zero-order valence-electron chi connectivity index (χ0n) is 15.5. The number of benzene rings is 2. The van der Waals surface area contributed by atoms with Gasteiger partial charge < -0.3 is 10.5 Å². The molecule has 2 fully saturated rings. The molecule has 0 radical (unpaired) electrons. The molecule has 2 nitrogen and oxygen atoms in total. The second-order valence-electron chi connectivity index (χ2n) is 8.43. The maximum atomic E-state index is 13.0. The van der Waals surface area contributed by atoms with Crippen LogP contribution in [0.15, 0.2) is 42.5 Å². The Morgan fingerprint density at radius 1 is 1.00 bits per heavy atom. The van der Waals surface area contributed by atoms with Crippen LogP contribution in [0, 0.1) is 10.8 Å². The van der Waals surface area contributed by atoms with Gasteiger partial charge in [0, 0.05) is 23.1 Å². The van der Waals surface area contributed by atoms with Gasteiger partial charge in [-0.25, -0.2) is 0 Å². The molecule has 0 amide bonds. The molecule has 1 unspecified atom stereocenters. The predicted octanol–water partition coefficient (Wildman–Crippen LogP) is 5.57. The highest BCUT2D eigenvalue weighted by Gasteiger charge is 2.69. The molecule has 1 saturated heterocycles. The molecule has 1 saturated carbocycles. The minimum atomic E-state index is -4.32. The maximum absolute atomic E-state index is 13.0. The lowest BCUT2D eigenvalue weighted by molar-refractivity contribution is -0.137. The van der Waals surface area contributed by atoms with Crippen LogP contribution < -0.4 is 5.73 Å². The standard InChI is InChI=1S/C23H22F3NO/c24-23(25,26)18-4-1-16(2-5-18)20-12-17-11-19(27)6-3-15(17)7-8-22(20)13-21(22)9-10-28-14-21/h1-6,11-12H,7-10,13-14,27H2/t21-,22?/m1/s1. The summed E-state index contributed by atoms with van der Waals surface area (Å²) in [5.74, 6) is 0. The van der Waals surface area contributed by atoms with Crippen molar-refractivity contribution in [1.82, 2.24) is 0 Å². The number of hydrogen-bond donors (Lipinski definition) is 1. The highest BCUT2D eigenvalue weighted by Crippen LogP contribution is 2.75. The van der Waals surface area contributed by atoms with Crippen LogP contribution in [-0.2, 0) is 17.3 Å². The molecule has 5 heteroatoms. The van der Waals surface area contributed by atoms with E-state index in [2.05, 4.69) is 12.1 Å². The maximum Gasteiger partial charge on any atom is 0.416 e. The van der Waals surface area contributed by atoms with Crippen LogP contribution in [0.2, 0.25) is 0 Å². The number of nitrogens with two attached hydrogens (primary N) is 1. The number of anilines is 1. The third-order valence-electron chi connectivity index (χ3n) is 6.96. The number of hydrogen-bond acceptors (Lipinski definition) is 2. The first kappa shape index (κ1) is 17.8. The molecule has 5 rings (SSSR count). The van der Waals surface area contributed by atoms with Crippen molar-refractivity contribution in [2.24, 2.45) is 10.8 Å². The SMILES string of the molecule is Nc1ccc2c(c1)C=C(c1ccc(C(F)(F)F)cc1)C1(CC2)C[C@@]12CCOC2. The molecule has 2 atom stereocenters. The Hall–Kier alpha value is -2.27. The number of nitrogen functional groups attached to an aromatic ring is 1. The van der Waals surface area contributed by atoms with Crippen molar-refractivity contribution in [2.75, 3.05) is 18.9 Å². The Bertz CT molecular complexity index is 955. The fourth-order valence-corrected chi connectivity index (χ4v) is 5.34. The van der Waals surface area contributed by atoms with Crippen molar-refractivity contribution in [3.63, 3.8) is 0 Å². The summed E-state index contributed by atoms with van der Waals surface area (Å²) >= 11 is 0. The highest BCUT2D eigenvalue weighted by molar-refractivity contribution is 5.89. The van der Waals surface area contributed by atoms with E-state index in [4.69, 9.17) is 10.5 Å². The van der Waals surface area contributed by atoms with Crippen LogP contribution in [-0.4, -0.2) is 13.2 Å². The van der Waals surface area contributed by atoms with E-state index in [0.29, 0.717) is 5.69 Å². The van der Waals surface area contributed by atoms with Crippen molar-refractivity contribution in [2.45, 2.75) is 31.9 Å². The number of alkyl halides is 3. The number of halogens is 3. The smallest absolute Gasteiger partial charge is 0.399 e. The second-order valence-corrected chi connectivity index (χ2v) is 8.43. The summed E-state index contributed by atoms with van der Waals surface area (Å²) in [5, 5.41) is 0. The fraction of sp³-hybridized carbons (Fsp3) is 0.391. The van der Waals surface area contributed by atoms with Gasteiger partial charge >= 0.3 is 6.18 Å². The van der Waals surface area contributed by atoms with Crippen molar-refractivity contribution >= 4 is 17.3 Å². The predicted molar refractivity (Wildman–Crippen MR) is 103 cm³/mol. The van der Waals surface area contributed by atoms with Crippen LogP contribution in [0.1, 0.15) is 41.5 Å². The quantitative estimate of drug-likeness (QED) is 0.651. The molecular formula is C23H22F3NO. The van der Waals surface area contributed by atoms with Crippen LogP contribution in [0.4, 0.5) is 18.9 Å². The van der Waals surface area contributed by atoms with E-state index in [-0.39, 0.29) is 10.8 Å². The van der Waals surface area contributed by atoms with E-state index in [1.807, 2.05) is 12.1 Å². The molecule has 28 heavy (non-hydrogen) atoms.